The molecule has 1 nitrogen and oxygen atoms in total. The number of aryl methyl sites for hydroxylation is 1. The van der Waals surface area contributed by atoms with Crippen molar-refractivity contribution in [3.05, 3.63) is 29.8 Å². The largest absolute Gasteiger partial charge is 0.490 e. The summed E-state index contributed by atoms with van der Waals surface area (Å²) in [5.74, 6) is 1.99. The normalized spacial score (nSPS) is 24.6. The molecule has 2 unspecified atom stereocenters. The molecule has 94 valence electrons. The van der Waals surface area contributed by atoms with Gasteiger partial charge in [0.1, 0.15) is 5.75 Å². The molecule has 0 N–H and O–H groups in total. The summed E-state index contributed by atoms with van der Waals surface area (Å²) in [4.78, 5) is 0. The molecule has 1 aliphatic rings. The van der Waals surface area contributed by atoms with Crippen LogP contribution in [0.25, 0.3) is 0 Å². The third kappa shape index (κ3) is 3.24. The molecular weight excluding hydrogens is 208 g/mol. The molecule has 1 aromatic carbocycles. The average Bonchev–Trinajstić information content (AvgIpc) is 2.39. The van der Waals surface area contributed by atoms with Crippen LogP contribution >= 0.6 is 0 Å². The second-order valence-electron chi connectivity index (χ2n) is 5.14. The molecular formula is C16H24O. The maximum atomic E-state index is 6.21. The smallest absolute Gasteiger partial charge is 0.122 e. The van der Waals surface area contributed by atoms with Crippen LogP contribution in [0.5, 0.6) is 5.75 Å². The quantitative estimate of drug-likeness (QED) is 0.737. The van der Waals surface area contributed by atoms with Crippen LogP contribution in [-0.4, -0.2) is 6.10 Å². The Labute approximate surface area is 105 Å². The Morgan fingerprint density at radius 3 is 2.76 bits per heavy atom. The fraction of sp³-hybridized carbons (Fsp3) is 0.625. The van der Waals surface area contributed by atoms with Crippen LogP contribution in [0.4, 0.5) is 0 Å². The molecule has 0 bridgehead atoms. The summed E-state index contributed by atoms with van der Waals surface area (Å²) in [5.41, 5.74) is 1.34. The number of hydrogen-bond acceptors (Lipinski definition) is 1. The van der Waals surface area contributed by atoms with Crippen LogP contribution < -0.4 is 4.74 Å². The van der Waals surface area contributed by atoms with E-state index in [0.29, 0.717) is 6.10 Å². The molecule has 1 aromatic rings. The van der Waals surface area contributed by atoms with Crippen LogP contribution in [0, 0.1) is 5.92 Å². The first kappa shape index (κ1) is 12.5. The van der Waals surface area contributed by atoms with E-state index in [1.807, 2.05) is 0 Å². The number of hydrogen-bond donors (Lipinski definition) is 0. The zero-order valence-electron chi connectivity index (χ0n) is 11.1. The molecule has 1 heteroatoms. The van der Waals surface area contributed by atoms with E-state index in [4.69, 9.17) is 4.74 Å². The van der Waals surface area contributed by atoms with Crippen LogP contribution in [-0.2, 0) is 6.42 Å². The van der Waals surface area contributed by atoms with Gasteiger partial charge in [-0.1, -0.05) is 44.9 Å². The highest BCUT2D eigenvalue weighted by Gasteiger charge is 2.22. The van der Waals surface area contributed by atoms with Crippen molar-refractivity contribution in [2.45, 2.75) is 58.5 Å². The zero-order chi connectivity index (χ0) is 12.1. The third-order valence-electron chi connectivity index (χ3n) is 3.96. The maximum Gasteiger partial charge on any atom is 0.122 e. The molecule has 0 radical (unpaired) electrons. The van der Waals surface area contributed by atoms with E-state index in [-0.39, 0.29) is 0 Å². The minimum atomic E-state index is 0.446. The minimum Gasteiger partial charge on any atom is -0.490 e. The van der Waals surface area contributed by atoms with Gasteiger partial charge in [-0.25, -0.2) is 0 Å². The maximum absolute atomic E-state index is 6.21. The van der Waals surface area contributed by atoms with Crippen molar-refractivity contribution in [1.82, 2.24) is 0 Å². The van der Waals surface area contributed by atoms with Crippen LogP contribution in [0.3, 0.4) is 0 Å². The van der Waals surface area contributed by atoms with Crippen molar-refractivity contribution in [2.75, 3.05) is 0 Å². The number of ether oxygens (including phenoxy) is 1. The highest BCUT2D eigenvalue weighted by Crippen LogP contribution is 2.30. The van der Waals surface area contributed by atoms with Gasteiger partial charge >= 0.3 is 0 Å². The second-order valence-corrected chi connectivity index (χ2v) is 5.14. The van der Waals surface area contributed by atoms with Crippen LogP contribution in [0.1, 0.15) is 51.5 Å². The Bertz CT molecular complexity index is 345. The van der Waals surface area contributed by atoms with Crippen molar-refractivity contribution in [1.29, 1.82) is 0 Å². The topological polar surface area (TPSA) is 9.23 Å². The Morgan fingerprint density at radius 1 is 1.18 bits per heavy atom. The van der Waals surface area contributed by atoms with Crippen LogP contribution in [0.2, 0.25) is 0 Å². The standard InChI is InChI=1S/C16H24O/c1-3-13-8-7-10-15(12-13)17-16-11-6-5-9-14(16)4-2/h5-6,9,11,13,15H,3-4,7-8,10,12H2,1-2H3. The van der Waals surface area contributed by atoms with E-state index in [0.717, 1.165) is 18.1 Å². The third-order valence-corrected chi connectivity index (χ3v) is 3.96. The fourth-order valence-corrected chi connectivity index (χ4v) is 2.81. The minimum absolute atomic E-state index is 0.446. The van der Waals surface area contributed by atoms with Gasteiger partial charge in [0.25, 0.3) is 0 Å². The Morgan fingerprint density at radius 2 is 2.00 bits per heavy atom. The first-order chi connectivity index (χ1) is 8.33. The predicted molar refractivity (Wildman–Crippen MR) is 72.5 cm³/mol. The van der Waals surface area contributed by atoms with Gasteiger partial charge in [-0.2, -0.15) is 0 Å². The van der Waals surface area contributed by atoms with Crippen molar-refractivity contribution in [3.8, 4) is 5.75 Å². The predicted octanol–water partition coefficient (Wildman–Crippen LogP) is 4.60. The highest BCUT2D eigenvalue weighted by atomic mass is 16.5. The fourth-order valence-electron chi connectivity index (χ4n) is 2.81. The summed E-state index contributed by atoms with van der Waals surface area (Å²) in [6, 6.07) is 8.47. The van der Waals surface area contributed by atoms with Crippen molar-refractivity contribution < 1.29 is 4.74 Å². The number of rotatable bonds is 4. The highest BCUT2D eigenvalue weighted by molar-refractivity contribution is 5.33. The van der Waals surface area contributed by atoms with Gasteiger partial charge < -0.3 is 4.74 Å². The Balaban J connectivity index is 2.00. The lowest BCUT2D eigenvalue weighted by Crippen LogP contribution is -2.25. The molecule has 2 atom stereocenters. The molecule has 0 amide bonds. The van der Waals surface area contributed by atoms with E-state index in [1.165, 1.54) is 37.7 Å². The molecule has 2 rings (SSSR count). The summed E-state index contributed by atoms with van der Waals surface area (Å²) in [6.45, 7) is 4.49. The van der Waals surface area contributed by atoms with E-state index >= 15 is 0 Å². The second kappa shape index (κ2) is 6.09. The monoisotopic (exact) mass is 232 g/mol. The lowest BCUT2D eigenvalue weighted by molar-refractivity contribution is 0.121. The van der Waals surface area contributed by atoms with Crippen molar-refractivity contribution in [2.24, 2.45) is 5.92 Å². The molecule has 0 spiro atoms. The summed E-state index contributed by atoms with van der Waals surface area (Å²) in [6.07, 6.45) is 8.00. The molecule has 1 fully saturated rings. The first-order valence-corrected chi connectivity index (χ1v) is 7.08. The molecule has 1 saturated carbocycles. The Kier molecular flexibility index (Phi) is 4.47. The van der Waals surface area contributed by atoms with E-state index in [1.54, 1.807) is 0 Å². The summed E-state index contributed by atoms with van der Waals surface area (Å²) in [5, 5.41) is 0. The van der Waals surface area contributed by atoms with Gasteiger partial charge in [-0.05, 0) is 43.2 Å². The molecule has 0 aromatic heterocycles. The van der Waals surface area contributed by atoms with Crippen molar-refractivity contribution in [3.63, 3.8) is 0 Å². The van der Waals surface area contributed by atoms with E-state index in [2.05, 4.69) is 38.1 Å². The van der Waals surface area contributed by atoms with Gasteiger partial charge in [-0.15, -0.1) is 0 Å². The van der Waals surface area contributed by atoms with Gasteiger partial charge in [-0.3, -0.25) is 0 Å². The Hall–Kier alpha value is -0.980. The van der Waals surface area contributed by atoms with Gasteiger partial charge in [0, 0.05) is 0 Å². The molecule has 1 aliphatic carbocycles. The number of para-hydroxylation sites is 1. The van der Waals surface area contributed by atoms with Gasteiger partial charge in [0.15, 0.2) is 0 Å². The molecule has 0 heterocycles. The summed E-state index contributed by atoms with van der Waals surface area (Å²) < 4.78 is 6.21. The van der Waals surface area contributed by atoms with Gasteiger partial charge in [0.05, 0.1) is 6.10 Å². The SMILES string of the molecule is CCc1ccccc1OC1CCCC(CC)C1. The van der Waals surface area contributed by atoms with E-state index < -0.39 is 0 Å². The number of benzene rings is 1. The molecule has 0 saturated heterocycles. The lowest BCUT2D eigenvalue weighted by Gasteiger charge is -2.29. The lowest BCUT2D eigenvalue weighted by atomic mass is 9.85. The van der Waals surface area contributed by atoms with Crippen LogP contribution in [0.15, 0.2) is 24.3 Å². The summed E-state index contributed by atoms with van der Waals surface area (Å²) >= 11 is 0. The van der Waals surface area contributed by atoms with E-state index in [9.17, 15) is 0 Å². The first-order valence-electron chi connectivity index (χ1n) is 7.08. The molecule has 0 aliphatic heterocycles. The van der Waals surface area contributed by atoms with Gasteiger partial charge in [0.2, 0.25) is 0 Å². The zero-order valence-corrected chi connectivity index (χ0v) is 11.1. The summed E-state index contributed by atoms with van der Waals surface area (Å²) in [7, 11) is 0. The molecule has 17 heavy (non-hydrogen) atoms. The van der Waals surface area contributed by atoms with Crippen molar-refractivity contribution >= 4 is 0 Å². The average molecular weight is 232 g/mol.